The smallest absolute Gasteiger partial charge is 0.160 e. The molecular weight excluding hydrogens is 264 g/mol. The van der Waals surface area contributed by atoms with Crippen molar-refractivity contribution >= 4 is 0 Å². The van der Waals surface area contributed by atoms with E-state index in [1.54, 1.807) is 26.4 Å². The van der Waals surface area contributed by atoms with Gasteiger partial charge < -0.3 is 14.6 Å². The average Bonchev–Trinajstić information content (AvgIpc) is 2.49. The minimum atomic E-state index is 0.121. The van der Waals surface area contributed by atoms with Gasteiger partial charge in [-0.15, -0.1) is 0 Å². The van der Waals surface area contributed by atoms with E-state index >= 15 is 0 Å². The maximum Gasteiger partial charge on any atom is 0.160 e. The number of aromatic hydroxyl groups is 1. The van der Waals surface area contributed by atoms with E-state index in [-0.39, 0.29) is 11.7 Å². The molecule has 0 saturated heterocycles. The van der Waals surface area contributed by atoms with E-state index in [1.807, 2.05) is 6.07 Å². The van der Waals surface area contributed by atoms with Gasteiger partial charge in [0.1, 0.15) is 5.75 Å². The maximum atomic E-state index is 9.96. The molecule has 1 N–H and O–H groups in total. The van der Waals surface area contributed by atoms with Gasteiger partial charge in [0, 0.05) is 11.5 Å². The second-order valence-corrected chi connectivity index (χ2v) is 5.28. The van der Waals surface area contributed by atoms with Gasteiger partial charge in [-0.25, -0.2) is 0 Å². The Balaban J connectivity index is 2.47. The van der Waals surface area contributed by atoms with Crippen molar-refractivity contribution in [1.82, 2.24) is 0 Å². The summed E-state index contributed by atoms with van der Waals surface area (Å²) in [5.41, 5.74) is 4.50. The predicted molar refractivity (Wildman–Crippen MR) is 84.6 cm³/mol. The van der Waals surface area contributed by atoms with Gasteiger partial charge in [0.05, 0.1) is 14.2 Å². The zero-order valence-corrected chi connectivity index (χ0v) is 13.2. The lowest BCUT2D eigenvalue weighted by atomic mass is 9.89. The fourth-order valence-corrected chi connectivity index (χ4v) is 2.58. The summed E-state index contributed by atoms with van der Waals surface area (Å²) in [6.07, 6.45) is 0. The lowest BCUT2D eigenvalue weighted by Crippen LogP contribution is -2.02. The highest BCUT2D eigenvalue weighted by Gasteiger charge is 2.17. The van der Waals surface area contributed by atoms with Crippen molar-refractivity contribution < 1.29 is 14.6 Å². The van der Waals surface area contributed by atoms with Gasteiger partial charge in [-0.05, 0) is 42.7 Å². The number of hydrogen-bond donors (Lipinski definition) is 1. The van der Waals surface area contributed by atoms with Crippen LogP contribution >= 0.6 is 0 Å². The lowest BCUT2D eigenvalue weighted by molar-refractivity contribution is 0.373. The van der Waals surface area contributed by atoms with E-state index in [9.17, 15) is 5.11 Å². The van der Waals surface area contributed by atoms with Gasteiger partial charge in [0.2, 0.25) is 0 Å². The Hall–Kier alpha value is -2.16. The van der Waals surface area contributed by atoms with E-state index in [1.165, 1.54) is 5.56 Å². The highest BCUT2D eigenvalue weighted by molar-refractivity contribution is 5.51. The van der Waals surface area contributed by atoms with E-state index in [0.29, 0.717) is 5.75 Å². The average molecular weight is 286 g/mol. The molecule has 2 aromatic carbocycles. The predicted octanol–water partition coefficient (Wildman–Crippen LogP) is 4.18. The molecule has 0 bridgehead atoms. The van der Waals surface area contributed by atoms with Crippen LogP contribution in [0.15, 0.2) is 30.3 Å². The normalized spacial score (nSPS) is 12.0. The zero-order valence-electron chi connectivity index (χ0n) is 13.2. The van der Waals surface area contributed by atoms with Crippen LogP contribution in [-0.4, -0.2) is 19.3 Å². The van der Waals surface area contributed by atoms with Gasteiger partial charge in [0.25, 0.3) is 0 Å². The molecule has 2 aromatic rings. The molecule has 3 nitrogen and oxygen atoms in total. The quantitative estimate of drug-likeness (QED) is 0.916. The highest BCUT2D eigenvalue weighted by Crippen LogP contribution is 2.37. The number of phenols is 1. The summed E-state index contributed by atoms with van der Waals surface area (Å²) in [5, 5.41) is 9.96. The monoisotopic (exact) mass is 286 g/mol. The van der Waals surface area contributed by atoms with Crippen molar-refractivity contribution in [3.05, 3.63) is 52.6 Å². The molecule has 2 rings (SSSR count). The van der Waals surface area contributed by atoms with Crippen molar-refractivity contribution in [2.75, 3.05) is 14.2 Å². The van der Waals surface area contributed by atoms with Crippen LogP contribution in [0.1, 0.15) is 35.1 Å². The number of methoxy groups -OCH3 is 2. The van der Waals surface area contributed by atoms with Gasteiger partial charge >= 0.3 is 0 Å². The van der Waals surface area contributed by atoms with Crippen molar-refractivity contribution in [3.8, 4) is 17.2 Å². The van der Waals surface area contributed by atoms with Crippen LogP contribution in [0.4, 0.5) is 0 Å². The Bertz CT molecular complexity index is 647. The lowest BCUT2D eigenvalue weighted by Gasteiger charge is -2.19. The molecule has 0 radical (unpaired) electrons. The fraction of sp³-hybridized carbons (Fsp3) is 0.333. The molecule has 0 aromatic heterocycles. The first-order chi connectivity index (χ1) is 9.99. The van der Waals surface area contributed by atoms with Gasteiger partial charge in [-0.3, -0.25) is 0 Å². The highest BCUT2D eigenvalue weighted by atomic mass is 16.5. The summed E-state index contributed by atoms with van der Waals surface area (Å²) in [5.74, 6) is 1.68. The molecule has 0 aliphatic rings. The van der Waals surface area contributed by atoms with E-state index in [0.717, 1.165) is 22.4 Å². The summed E-state index contributed by atoms with van der Waals surface area (Å²) in [4.78, 5) is 0. The molecular formula is C18H22O3. The van der Waals surface area contributed by atoms with E-state index in [2.05, 4.69) is 32.9 Å². The molecule has 3 heteroatoms. The first-order valence-electron chi connectivity index (χ1n) is 7.00. The van der Waals surface area contributed by atoms with Crippen LogP contribution in [-0.2, 0) is 0 Å². The van der Waals surface area contributed by atoms with Crippen molar-refractivity contribution in [2.45, 2.75) is 26.7 Å². The molecule has 0 fully saturated rings. The zero-order chi connectivity index (χ0) is 15.6. The Morgan fingerprint density at radius 1 is 1.00 bits per heavy atom. The Kier molecular flexibility index (Phi) is 4.41. The first kappa shape index (κ1) is 15.2. The summed E-state index contributed by atoms with van der Waals surface area (Å²) in [6, 6.07) is 9.70. The molecule has 1 unspecified atom stereocenters. The Morgan fingerprint density at radius 2 is 1.71 bits per heavy atom. The first-order valence-corrected chi connectivity index (χ1v) is 7.00. The van der Waals surface area contributed by atoms with E-state index in [4.69, 9.17) is 9.47 Å². The molecule has 0 heterocycles. The molecule has 0 amide bonds. The minimum absolute atomic E-state index is 0.121. The number of aryl methyl sites for hydroxylation is 1. The van der Waals surface area contributed by atoms with Crippen LogP contribution in [0.2, 0.25) is 0 Å². The van der Waals surface area contributed by atoms with Gasteiger partial charge in [-0.2, -0.15) is 0 Å². The second kappa shape index (κ2) is 6.08. The standard InChI is InChI=1S/C18H22O3/c1-11-6-8-15(18(21-5)12(11)2)13(3)14-7-9-17(20-4)16(19)10-14/h6-10,13,19H,1-5H3. The van der Waals surface area contributed by atoms with Crippen LogP contribution in [0.25, 0.3) is 0 Å². The summed E-state index contributed by atoms with van der Waals surface area (Å²) < 4.78 is 10.7. The third kappa shape index (κ3) is 2.82. The molecule has 112 valence electrons. The molecule has 1 atom stereocenters. The van der Waals surface area contributed by atoms with Gasteiger partial charge in [-0.1, -0.05) is 25.1 Å². The maximum absolute atomic E-state index is 9.96. The molecule has 0 aliphatic carbocycles. The third-order valence-electron chi connectivity index (χ3n) is 4.08. The number of phenolic OH excluding ortho intramolecular Hbond substituents is 1. The van der Waals surface area contributed by atoms with Gasteiger partial charge in [0.15, 0.2) is 11.5 Å². The molecule has 0 saturated carbocycles. The SMILES string of the molecule is COc1ccc(C(C)c2ccc(C)c(C)c2OC)cc1O. The summed E-state index contributed by atoms with van der Waals surface area (Å²) >= 11 is 0. The summed E-state index contributed by atoms with van der Waals surface area (Å²) in [6.45, 7) is 6.25. The number of rotatable bonds is 4. The van der Waals surface area contributed by atoms with Crippen molar-refractivity contribution in [3.63, 3.8) is 0 Å². The molecule has 0 spiro atoms. The third-order valence-corrected chi connectivity index (χ3v) is 4.08. The van der Waals surface area contributed by atoms with Crippen LogP contribution in [0, 0.1) is 13.8 Å². The van der Waals surface area contributed by atoms with Crippen molar-refractivity contribution in [2.24, 2.45) is 0 Å². The number of benzene rings is 2. The van der Waals surface area contributed by atoms with Crippen molar-refractivity contribution in [1.29, 1.82) is 0 Å². The number of ether oxygens (including phenoxy) is 2. The fourth-order valence-electron chi connectivity index (χ4n) is 2.58. The van der Waals surface area contributed by atoms with Crippen LogP contribution < -0.4 is 9.47 Å². The topological polar surface area (TPSA) is 38.7 Å². The molecule has 0 aliphatic heterocycles. The molecule has 21 heavy (non-hydrogen) atoms. The minimum Gasteiger partial charge on any atom is -0.504 e. The van der Waals surface area contributed by atoms with Crippen LogP contribution in [0.3, 0.4) is 0 Å². The van der Waals surface area contributed by atoms with E-state index < -0.39 is 0 Å². The van der Waals surface area contributed by atoms with Crippen LogP contribution in [0.5, 0.6) is 17.2 Å². The summed E-state index contributed by atoms with van der Waals surface area (Å²) in [7, 11) is 3.24. The Labute approximate surface area is 126 Å². The second-order valence-electron chi connectivity index (χ2n) is 5.28. The largest absolute Gasteiger partial charge is 0.504 e. The Morgan fingerprint density at radius 3 is 2.29 bits per heavy atom. The number of hydrogen-bond acceptors (Lipinski definition) is 3.